The molecule has 156 valence electrons. The molecule has 0 saturated heterocycles. The summed E-state index contributed by atoms with van der Waals surface area (Å²) < 4.78 is 29.9. The second kappa shape index (κ2) is 8.75. The molecule has 1 amide bonds. The van der Waals surface area contributed by atoms with Gasteiger partial charge < -0.3 is 4.90 Å². The largest absolute Gasteiger partial charge is 0.310 e. The minimum atomic E-state index is -3.87. The number of amides is 1. The molecule has 0 atom stereocenters. The van der Waals surface area contributed by atoms with Crippen molar-refractivity contribution in [1.82, 2.24) is 24.2 Å². The quantitative estimate of drug-likeness (QED) is 0.498. The Morgan fingerprint density at radius 3 is 2.93 bits per heavy atom. The van der Waals surface area contributed by atoms with Crippen LogP contribution in [0.5, 0.6) is 0 Å². The van der Waals surface area contributed by atoms with E-state index in [0.29, 0.717) is 6.42 Å². The fraction of sp³-hybridized carbons (Fsp3) is 0.421. The summed E-state index contributed by atoms with van der Waals surface area (Å²) in [6.45, 7) is 4.85. The van der Waals surface area contributed by atoms with Gasteiger partial charge in [0.25, 0.3) is 5.91 Å². The second-order valence-electron chi connectivity index (χ2n) is 6.89. The number of rotatable bonds is 8. The Balaban J connectivity index is 1.79. The van der Waals surface area contributed by atoms with Crippen molar-refractivity contribution in [3.63, 3.8) is 0 Å². The van der Waals surface area contributed by atoms with Crippen molar-refractivity contribution >= 4 is 33.8 Å². The van der Waals surface area contributed by atoms with Crippen molar-refractivity contribution in [1.29, 1.82) is 0 Å². The molecule has 0 saturated carbocycles. The SMILES string of the molecule is CCCCNS(=O)(=O)NC(=O)C=Cc1c(C)nn(C)c1N1CCc2cccnc21. The number of carbonyl (C=O) groups is 1. The zero-order valence-corrected chi connectivity index (χ0v) is 17.7. The summed E-state index contributed by atoms with van der Waals surface area (Å²) in [6, 6.07) is 3.96. The zero-order chi connectivity index (χ0) is 21.0. The van der Waals surface area contributed by atoms with Gasteiger partial charge in [-0.25, -0.2) is 9.71 Å². The summed E-state index contributed by atoms with van der Waals surface area (Å²) in [6.07, 6.45) is 6.98. The molecule has 0 unspecified atom stereocenters. The van der Waals surface area contributed by atoms with Crippen molar-refractivity contribution in [2.45, 2.75) is 33.1 Å². The average Bonchev–Trinajstić information content (AvgIpc) is 3.19. The van der Waals surface area contributed by atoms with Gasteiger partial charge in [-0.1, -0.05) is 19.4 Å². The second-order valence-corrected chi connectivity index (χ2v) is 8.38. The van der Waals surface area contributed by atoms with E-state index in [1.54, 1.807) is 17.0 Å². The number of anilines is 2. The fourth-order valence-electron chi connectivity index (χ4n) is 3.34. The summed E-state index contributed by atoms with van der Waals surface area (Å²) in [4.78, 5) is 18.7. The molecule has 0 radical (unpaired) electrons. The fourth-order valence-corrected chi connectivity index (χ4v) is 4.15. The van der Waals surface area contributed by atoms with Gasteiger partial charge in [-0.3, -0.25) is 9.48 Å². The van der Waals surface area contributed by atoms with Gasteiger partial charge in [0.1, 0.15) is 11.6 Å². The smallest absolute Gasteiger partial charge is 0.301 e. The van der Waals surface area contributed by atoms with Gasteiger partial charge >= 0.3 is 10.2 Å². The highest BCUT2D eigenvalue weighted by molar-refractivity contribution is 7.88. The third-order valence-corrected chi connectivity index (χ3v) is 5.73. The lowest BCUT2D eigenvalue weighted by atomic mass is 10.2. The van der Waals surface area contributed by atoms with Crippen LogP contribution in [0, 0.1) is 6.92 Å². The Bertz CT molecular complexity index is 1030. The maximum atomic E-state index is 12.1. The van der Waals surface area contributed by atoms with Crippen molar-refractivity contribution in [2.24, 2.45) is 7.05 Å². The molecule has 2 aromatic rings. The molecular weight excluding hydrogens is 392 g/mol. The van der Waals surface area contributed by atoms with Crippen LogP contribution in [0.15, 0.2) is 24.4 Å². The van der Waals surface area contributed by atoms with Gasteiger partial charge in [-0.05, 0) is 37.5 Å². The Labute approximate surface area is 171 Å². The minimum absolute atomic E-state index is 0.288. The van der Waals surface area contributed by atoms with Crippen LogP contribution >= 0.6 is 0 Å². The van der Waals surface area contributed by atoms with Crippen LogP contribution in [0.3, 0.4) is 0 Å². The molecule has 29 heavy (non-hydrogen) atoms. The maximum absolute atomic E-state index is 12.1. The van der Waals surface area contributed by atoms with Crippen LogP contribution < -0.4 is 14.3 Å². The van der Waals surface area contributed by atoms with Gasteiger partial charge in [-0.2, -0.15) is 18.2 Å². The van der Waals surface area contributed by atoms with Crippen LogP contribution in [0.2, 0.25) is 0 Å². The molecular formula is C19H26N6O3S. The first-order valence-electron chi connectivity index (χ1n) is 9.57. The molecule has 10 heteroatoms. The molecule has 0 bridgehead atoms. The van der Waals surface area contributed by atoms with Crippen LogP contribution in [0.4, 0.5) is 11.6 Å². The van der Waals surface area contributed by atoms with E-state index in [0.717, 1.165) is 47.8 Å². The zero-order valence-electron chi connectivity index (χ0n) is 16.8. The first kappa shape index (κ1) is 21.0. The third kappa shape index (κ3) is 4.83. The van der Waals surface area contributed by atoms with Crippen LogP contribution in [0.25, 0.3) is 6.08 Å². The number of fused-ring (bicyclic) bond motifs is 1. The molecule has 0 aliphatic carbocycles. The predicted octanol–water partition coefficient (Wildman–Crippen LogP) is 1.58. The first-order chi connectivity index (χ1) is 13.8. The summed E-state index contributed by atoms with van der Waals surface area (Å²) in [5.41, 5.74) is 2.64. The predicted molar refractivity (Wildman–Crippen MR) is 112 cm³/mol. The van der Waals surface area contributed by atoms with E-state index >= 15 is 0 Å². The van der Waals surface area contributed by atoms with Gasteiger partial charge in [0.05, 0.1) is 5.69 Å². The molecule has 0 fully saturated rings. The molecule has 2 aromatic heterocycles. The molecule has 9 nitrogen and oxygen atoms in total. The number of aryl methyl sites for hydroxylation is 2. The van der Waals surface area contributed by atoms with Gasteiger partial charge in [0.2, 0.25) is 0 Å². The lowest BCUT2D eigenvalue weighted by Gasteiger charge is -2.19. The molecule has 1 aliphatic heterocycles. The van der Waals surface area contributed by atoms with E-state index < -0.39 is 16.1 Å². The lowest BCUT2D eigenvalue weighted by molar-refractivity contribution is -0.114. The Morgan fingerprint density at radius 1 is 1.38 bits per heavy atom. The van der Waals surface area contributed by atoms with E-state index in [1.807, 2.05) is 37.7 Å². The normalized spacial score (nSPS) is 13.8. The number of nitrogens with one attached hydrogen (secondary N) is 2. The first-order valence-corrected chi connectivity index (χ1v) is 11.0. The van der Waals surface area contributed by atoms with E-state index in [2.05, 4.69) is 19.7 Å². The summed E-state index contributed by atoms with van der Waals surface area (Å²) >= 11 is 0. The average molecular weight is 419 g/mol. The van der Waals surface area contributed by atoms with Crippen molar-refractivity contribution in [2.75, 3.05) is 18.0 Å². The van der Waals surface area contributed by atoms with Crippen LogP contribution in [-0.2, 0) is 28.5 Å². The number of unbranched alkanes of at least 4 members (excludes halogenated alkanes) is 1. The Morgan fingerprint density at radius 2 is 2.17 bits per heavy atom. The molecule has 2 N–H and O–H groups in total. The van der Waals surface area contributed by atoms with E-state index in [9.17, 15) is 13.2 Å². The Kier molecular flexibility index (Phi) is 6.33. The maximum Gasteiger partial charge on any atom is 0.301 e. The summed E-state index contributed by atoms with van der Waals surface area (Å²) in [7, 11) is -2.03. The topological polar surface area (TPSA) is 109 Å². The van der Waals surface area contributed by atoms with Gasteiger partial charge in [0, 0.05) is 38.0 Å². The van der Waals surface area contributed by atoms with E-state index in [4.69, 9.17) is 0 Å². The number of pyridine rings is 1. The highest BCUT2D eigenvalue weighted by Crippen LogP contribution is 2.35. The number of nitrogens with zero attached hydrogens (tertiary/aromatic N) is 4. The monoisotopic (exact) mass is 418 g/mol. The number of hydrogen-bond acceptors (Lipinski definition) is 6. The van der Waals surface area contributed by atoms with E-state index in [1.165, 1.54) is 6.08 Å². The number of hydrogen-bond donors (Lipinski definition) is 2. The molecule has 0 spiro atoms. The van der Waals surface area contributed by atoms with Crippen molar-refractivity contribution in [3.8, 4) is 0 Å². The lowest BCUT2D eigenvalue weighted by Crippen LogP contribution is -2.39. The molecule has 0 aromatic carbocycles. The number of carbonyl (C=O) groups excluding carboxylic acids is 1. The van der Waals surface area contributed by atoms with Crippen molar-refractivity contribution in [3.05, 3.63) is 41.2 Å². The van der Waals surface area contributed by atoms with Crippen LogP contribution in [0.1, 0.15) is 36.6 Å². The summed E-state index contributed by atoms with van der Waals surface area (Å²) in [5.74, 6) is 0.966. The highest BCUT2D eigenvalue weighted by atomic mass is 32.2. The van der Waals surface area contributed by atoms with Gasteiger partial charge in [0.15, 0.2) is 0 Å². The minimum Gasteiger partial charge on any atom is -0.310 e. The van der Waals surface area contributed by atoms with Gasteiger partial charge in [-0.15, -0.1) is 0 Å². The molecule has 1 aliphatic rings. The summed E-state index contributed by atoms with van der Waals surface area (Å²) in [5, 5.41) is 4.46. The molecule has 3 rings (SSSR count). The van der Waals surface area contributed by atoms with Crippen molar-refractivity contribution < 1.29 is 13.2 Å². The Hall–Kier alpha value is -2.72. The number of aromatic nitrogens is 3. The molecule has 3 heterocycles. The third-order valence-electron chi connectivity index (χ3n) is 4.68. The van der Waals surface area contributed by atoms with Crippen LogP contribution in [-0.4, -0.2) is 42.2 Å². The highest BCUT2D eigenvalue weighted by Gasteiger charge is 2.26. The standard InChI is InChI=1S/C19H26N6O3S/c1-4-5-12-21-29(27,28)23-17(26)9-8-16-14(2)22-24(3)19(16)25-13-10-15-7-6-11-20-18(15)25/h6-9,11,21H,4-5,10,12-13H2,1-3H3,(H,23,26). The van der Waals surface area contributed by atoms with E-state index in [-0.39, 0.29) is 6.54 Å².